The Morgan fingerprint density at radius 1 is 1.21 bits per heavy atom. The Kier molecular flexibility index (Phi) is 5.48. The number of nitrogens with one attached hydrogen (secondary N) is 1. The first kappa shape index (κ1) is 19.6. The highest BCUT2D eigenvalue weighted by Gasteiger charge is 2.31. The number of hydrogen-bond acceptors (Lipinski definition) is 5. The minimum atomic E-state index is -4.43. The fourth-order valence-electron chi connectivity index (χ4n) is 3.05. The van der Waals surface area contributed by atoms with E-state index in [1.54, 1.807) is 6.07 Å². The number of carbonyl (C=O) groups excluding carboxylic acids is 1. The molecule has 10 heteroatoms. The molecule has 7 nitrogen and oxygen atoms in total. The molecule has 1 aliphatic rings. The van der Waals surface area contributed by atoms with Crippen LogP contribution < -0.4 is 10.2 Å². The van der Waals surface area contributed by atoms with Gasteiger partial charge in [0.2, 0.25) is 5.91 Å². The lowest BCUT2D eigenvalue weighted by atomic mass is 9.95. The van der Waals surface area contributed by atoms with E-state index in [9.17, 15) is 28.1 Å². The fraction of sp³-hybridized carbons (Fsp3) is 0.333. The topological polar surface area (TPSA) is 88.4 Å². The second-order valence-corrected chi connectivity index (χ2v) is 6.46. The third-order valence-corrected chi connectivity index (χ3v) is 4.59. The van der Waals surface area contributed by atoms with Gasteiger partial charge in [-0.05, 0) is 31.0 Å². The highest BCUT2D eigenvalue weighted by Crippen LogP contribution is 2.30. The number of nitrogens with zero attached hydrogens (tertiary/aromatic N) is 3. The zero-order chi connectivity index (χ0) is 20.3. The van der Waals surface area contributed by atoms with Gasteiger partial charge < -0.3 is 10.2 Å². The molecule has 1 fully saturated rings. The molecule has 1 aliphatic heterocycles. The van der Waals surface area contributed by atoms with Crippen molar-refractivity contribution in [3.8, 4) is 0 Å². The molecule has 1 saturated heterocycles. The van der Waals surface area contributed by atoms with E-state index in [0.29, 0.717) is 37.4 Å². The van der Waals surface area contributed by atoms with E-state index in [0.717, 1.165) is 12.3 Å². The number of alkyl halides is 3. The molecule has 0 saturated carbocycles. The highest BCUT2D eigenvalue weighted by molar-refractivity contribution is 5.93. The average Bonchev–Trinajstić information content (AvgIpc) is 2.68. The minimum Gasteiger partial charge on any atom is -0.357 e. The number of amides is 1. The number of aromatic nitrogens is 1. The number of piperidine rings is 1. The molecule has 28 heavy (non-hydrogen) atoms. The standard InChI is InChI=1S/C18H17F3N4O3/c19-18(20,21)13-4-5-16(22-11-13)24-8-6-12(7-9-24)17(26)23-14-2-1-3-15(10-14)25(27)28/h1-5,10-12H,6-9H2,(H,23,26). The van der Waals surface area contributed by atoms with E-state index in [2.05, 4.69) is 10.3 Å². The van der Waals surface area contributed by atoms with E-state index in [-0.39, 0.29) is 17.5 Å². The number of nitro benzene ring substituents is 1. The molecule has 0 atom stereocenters. The molecule has 148 valence electrons. The van der Waals surface area contributed by atoms with Crippen molar-refractivity contribution >= 4 is 23.1 Å². The van der Waals surface area contributed by atoms with Gasteiger partial charge in [-0.2, -0.15) is 13.2 Å². The molecule has 1 aromatic carbocycles. The van der Waals surface area contributed by atoms with Crippen molar-refractivity contribution in [2.24, 2.45) is 5.92 Å². The predicted molar refractivity (Wildman–Crippen MR) is 95.9 cm³/mol. The Morgan fingerprint density at radius 3 is 2.50 bits per heavy atom. The van der Waals surface area contributed by atoms with Crippen LogP contribution in [0.1, 0.15) is 18.4 Å². The Balaban J connectivity index is 1.57. The number of carbonyl (C=O) groups is 1. The smallest absolute Gasteiger partial charge is 0.357 e. The summed E-state index contributed by atoms with van der Waals surface area (Å²) in [6.45, 7) is 0.955. The summed E-state index contributed by atoms with van der Waals surface area (Å²) in [5.74, 6) is -0.0870. The molecular formula is C18H17F3N4O3. The number of nitro groups is 1. The van der Waals surface area contributed by atoms with E-state index >= 15 is 0 Å². The summed E-state index contributed by atoms with van der Waals surface area (Å²) < 4.78 is 37.8. The molecule has 1 aromatic heterocycles. The number of benzene rings is 1. The Hall–Kier alpha value is -3.17. The Morgan fingerprint density at radius 2 is 1.93 bits per heavy atom. The number of hydrogen-bond donors (Lipinski definition) is 1. The van der Waals surface area contributed by atoms with Crippen LogP contribution >= 0.6 is 0 Å². The first-order chi connectivity index (χ1) is 13.2. The van der Waals surface area contributed by atoms with Gasteiger partial charge in [-0.25, -0.2) is 4.98 Å². The second-order valence-electron chi connectivity index (χ2n) is 6.46. The molecule has 2 heterocycles. The summed E-state index contributed by atoms with van der Waals surface area (Å²) in [4.78, 5) is 28.4. The summed E-state index contributed by atoms with van der Waals surface area (Å²) in [6.07, 6.45) is -2.62. The van der Waals surface area contributed by atoms with Gasteiger partial charge in [0.1, 0.15) is 5.82 Å². The SMILES string of the molecule is O=C(Nc1cccc([N+](=O)[O-])c1)C1CCN(c2ccc(C(F)(F)F)cn2)CC1. The normalized spacial score (nSPS) is 15.3. The monoisotopic (exact) mass is 394 g/mol. The van der Waals surface area contributed by atoms with Crippen molar-refractivity contribution in [1.82, 2.24) is 4.98 Å². The molecule has 0 spiro atoms. The highest BCUT2D eigenvalue weighted by atomic mass is 19.4. The van der Waals surface area contributed by atoms with E-state index in [1.165, 1.54) is 24.3 Å². The number of non-ortho nitro benzene ring substituents is 1. The maximum absolute atomic E-state index is 12.6. The lowest BCUT2D eigenvalue weighted by Crippen LogP contribution is -2.38. The van der Waals surface area contributed by atoms with Crippen molar-refractivity contribution in [3.63, 3.8) is 0 Å². The molecule has 0 unspecified atom stereocenters. The quantitative estimate of drug-likeness (QED) is 0.628. The lowest BCUT2D eigenvalue weighted by molar-refractivity contribution is -0.384. The van der Waals surface area contributed by atoms with Gasteiger partial charge in [0, 0.05) is 43.0 Å². The van der Waals surface area contributed by atoms with Gasteiger partial charge in [-0.1, -0.05) is 6.07 Å². The third-order valence-electron chi connectivity index (χ3n) is 4.59. The second kappa shape index (κ2) is 7.83. The largest absolute Gasteiger partial charge is 0.417 e. The van der Waals surface area contributed by atoms with E-state index in [1.807, 2.05) is 4.90 Å². The third kappa shape index (κ3) is 4.56. The number of rotatable bonds is 4. The zero-order valence-electron chi connectivity index (χ0n) is 14.6. The molecule has 1 amide bonds. The first-order valence-electron chi connectivity index (χ1n) is 8.57. The van der Waals surface area contributed by atoms with Crippen LogP contribution in [0.25, 0.3) is 0 Å². The van der Waals surface area contributed by atoms with Crippen molar-refractivity contribution in [2.45, 2.75) is 19.0 Å². The molecule has 0 radical (unpaired) electrons. The van der Waals surface area contributed by atoms with Crippen molar-refractivity contribution in [1.29, 1.82) is 0 Å². The maximum Gasteiger partial charge on any atom is 0.417 e. The summed E-state index contributed by atoms with van der Waals surface area (Å²) in [6, 6.07) is 8.01. The zero-order valence-corrected chi connectivity index (χ0v) is 14.6. The number of halogens is 3. The number of anilines is 2. The Labute approximate surface area is 158 Å². The van der Waals surface area contributed by atoms with Crippen LogP contribution in [-0.2, 0) is 11.0 Å². The molecule has 3 rings (SSSR count). The Bertz CT molecular complexity index is 863. The van der Waals surface area contributed by atoms with Crippen LogP contribution in [0.2, 0.25) is 0 Å². The van der Waals surface area contributed by atoms with Gasteiger partial charge in [0.05, 0.1) is 10.5 Å². The van der Waals surface area contributed by atoms with Gasteiger partial charge >= 0.3 is 6.18 Å². The van der Waals surface area contributed by atoms with Crippen LogP contribution in [0, 0.1) is 16.0 Å². The average molecular weight is 394 g/mol. The van der Waals surface area contributed by atoms with Crippen molar-refractivity contribution in [3.05, 3.63) is 58.3 Å². The molecule has 1 N–H and O–H groups in total. The maximum atomic E-state index is 12.6. The molecule has 0 bridgehead atoms. The van der Waals surface area contributed by atoms with Crippen LogP contribution in [0.15, 0.2) is 42.6 Å². The van der Waals surface area contributed by atoms with Crippen LogP contribution in [0.4, 0.5) is 30.4 Å². The number of pyridine rings is 1. The predicted octanol–water partition coefficient (Wildman–Crippen LogP) is 3.86. The van der Waals surface area contributed by atoms with E-state index in [4.69, 9.17) is 0 Å². The van der Waals surface area contributed by atoms with Crippen molar-refractivity contribution in [2.75, 3.05) is 23.3 Å². The first-order valence-corrected chi connectivity index (χ1v) is 8.57. The summed E-state index contributed by atoms with van der Waals surface area (Å²) in [5.41, 5.74) is -0.561. The van der Waals surface area contributed by atoms with Crippen LogP contribution in [-0.4, -0.2) is 28.9 Å². The lowest BCUT2D eigenvalue weighted by Gasteiger charge is -2.32. The summed E-state index contributed by atoms with van der Waals surface area (Å²) >= 11 is 0. The van der Waals surface area contributed by atoms with Gasteiger partial charge in [0.15, 0.2) is 0 Å². The van der Waals surface area contributed by atoms with Crippen LogP contribution in [0.3, 0.4) is 0 Å². The van der Waals surface area contributed by atoms with E-state index < -0.39 is 16.7 Å². The summed E-state index contributed by atoms with van der Waals surface area (Å²) in [7, 11) is 0. The fourth-order valence-corrected chi connectivity index (χ4v) is 3.05. The van der Waals surface area contributed by atoms with Gasteiger partial charge in [-0.3, -0.25) is 14.9 Å². The van der Waals surface area contributed by atoms with Crippen molar-refractivity contribution < 1.29 is 22.9 Å². The minimum absolute atomic E-state index is 0.110. The summed E-state index contributed by atoms with van der Waals surface area (Å²) in [5, 5.41) is 13.5. The van der Waals surface area contributed by atoms with Gasteiger partial charge in [-0.15, -0.1) is 0 Å². The van der Waals surface area contributed by atoms with Crippen LogP contribution in [0.5, 0.6) is 0 Å². The van der Waals surface area contributed by atoms with Gasteiger partial charge in [0.25, 0.3) is 5.69 Å². The molecule has 0 aliphatic carbocycles. The molecular weight excluding hydrogens is 377 g/mol. The molecule has 2 aromatic rings.